The molecular weight excluding hydrogens is 503 g/mol. The molecule has 2 heterocycles. The Morgan fingerprint density at radius 1 is 1.15 bits per heavy atom. The molecule has 1 unspecified atom stereocenters. The molecule has 6 nitrogen and oxygen atoms in total. The third kappa shape index (κ3) is 6.48. The first-order valence-corrected chi connectivity index (χ1v) is 11.5. The van der Waals surface area contributed by atoms with Crippen LogP contribution >= 0.6 is 11.6 Å². The first kappa shape index (κ1) is 25.5. The van der Waals surface area contributed by atoms with Crippen LogP contribution in [0.5, 0.6) is 5.75 Å². The molecule has 1 N–H and O–H groups in total. The molecule has 34 heavy (non-hydrogen) atoms. The number of nitrogens with one attached hydrogen (secondary N) is 1. The Bertz CT molecular complexity index is 1270. The number of pyridine rings is 2. The Hall–Kier alpha value is -3.12. The molecule has 3 rings (SSSR count). The number of carbonyl (C=O) groups excluding carboxylic acids is 1. The number of alkyl halides is 3. The van der Waals surface area contributed by atoms with Crippen molar-refractivity contribution in [3.8, 4) is 16.9 Å². The van der Waals surface area contributed by atoms with Gasteiger partial charge >= 0.3 is 12.1 Å². The summed E-state index contributed by atoms with van der Waals surface area (Å²) in [6, 6.07) is 7.91. The van der Waals surface area contributed by atoms with Gasteiger partial charge in [0.2, 0.25) is 0 Å². The van der Waals surface area contributed by atoms with Crippen molar-refractivity contribution in [1.29, 1.82) is 0 Å². The Labute approximate surface area is 198 Å². The van der Waals surface area contributed by atoms with E-state index in [4.69, 9.17) is 16.3 Å². The fourth-order valence-electron chi connectivity index (χ4n) is 2.90. The number of hydrogen-bond acceptors (Lipinski definition) is 5. The lowest BCUT2D eigenvalue weighted by Gasteiger charge is -2.12. The maximum Gasteiger partial charge on any atom is 0.474 e. The third-order valence-electron chi connectivity index (χ3n) is 4.28. The molecule has 3 aromatic rings. The Morgan fingerprint density at radius 3 is 2.56 bits per heavy atom. The van der Waals surface area contributed by atoms with E-state index in [1.165, 1.54) is 37.6 Å². The molecule has 0 saturated carbocycles. The van der Waals surface area contributed by atoms with E-state index in [0.29, 0.717) is 5.56 Å². The highest BCUT2D eigenvalue weighted by Gasteiger charge is 2.38. The molecule has 0 aliphatic rings. The van der Waals surface area contributed by atoms with Gasteiger partial charge in [-0.25, -0.2) is 18.7 Å². The molecule has 1 atom stereocenters. The van der Waals surface area contributed by atoms with Crippen molar-refractivity contribution in [2.75, 3.05) is 18.7 Å². The average molecular weight is 519 g/mol. The van der Waals surface area contributed by atoms with Crippen molar-refractivity contribution < 1.29 is 31.5 Å². The molecule has 0 spiro atoms. The van der Waals surface area contributed by atoms with Gasteiger partial charge in [-0.2, -0.15) is 17.5 Å². The predicted octanol–water partition coefficient (Wildman–Crippen LogP) is 5.85. The number of benzene rings is 1. The van der Waals surface area contributed by atoms with Gasteiger partial charge in [-0.05, 0) is 42.2 Å². The Kier molecular flexibility index (Phi) is 7.82. The molecule has 2 aromatic heterocycles. The number of anilines is 2. The number of amides is 1. The topological polar surface area (TPSA) is 76.5 Å². The molecule has 1 aromatic carbocycles. The van der Waals surface area contributed by atoms with Crippen LogP contribution in [0.4, 0.5) is 33.6 Å². The summed E-state index contributed by atoms with van der Waals surface area (Å²) in [5, 5.41) is 2.88. The Morgan fingerprint density at radius 2 is 1.88 bits per heavy atom. The summed E-state index contributed by atoms with van der Waals surface area (Å²) >= 11 is 6.03. The SMILES string of the molecule is COc1cc(F)ccc1-c1cc(Nc2cc(CS(C)=NC(=O)C(F)(F)F)cc(Cl)n2)ncc1F. The van der Waals surface area contributed by atoms with Gasteiger partial charge in [-0.3, -0.25) is 4.79 Å². The van der Waals surface area contributed by atoms with Crippen LogP contribution in [-0.2, 0) is 21.2 Å². The zero-order chi connectivity index (χ0) is 25.0. The van der Waals surface area contributed by atoms with Crippen LogP contribution in [0, 0.1) is 11.6 Å². The molecule has 180 valence electrons. The first-order chi connectivity index (χ1) is 16.0. The summed E-state index contributed by atoms with van der Waals surface area (Å²) in [6.07, 6.45) is -2.70. The lowest BCUT2D eigenvalue weighted by molar-refractivity contribution is -0.169. The van der Waals surface area contributed by atoms with Crippen LogP contribution in [0.25, 0.3) is 11.1 Å². The fourth-order valence-corrected chi connectivity index (χ4v) is 4.23. The van der Waals surface area contributed by atoms with E-state index in [9.17, 15) is 26.7 Å². The molecule has 13 heteroatoms. The van der Waals surface area contributed by atoms with E-state index < -0.39 is 34.4 Å². The van der Waals surface area contributed by atoms with Crippen LogP contribution in [0.15, 0.2) is 47.0 Å². The van der Waals surface area contributed by atoms with Gasteiger partial charge < -0.3 is 10.1 Å². The number of rotatable bonds is 6. The van der Waals surface area contributed by atoms with Crippen molar-refractivity contribution in [3.05, 3.63) is 64.9 Å². The van der Waals surface area contributed by atoms with Gasteiger partial charge in [0.05, 0.1) is 13.3 Å². The highest BCUT2D eigenvalue weighted by atomic mass is 35.5. The number of nitrogens with zero attached hydrogens (tertiary/aromatic N) is 3. The van der Waals surface area contributed by atoms with E-state index in [0.717, 1.165) is 18.3 Å². The second-order valence-corrected chi connectivity index (χ2v) is 8.90. The van der Waals surface area contributed by atoms with E-state index in [1.807, 2.05) is 0 Å². The van der Waals surface area contributed by atoms with Gasteiger partial charge in [-0.1, -0.05) is 22.3 Å². The molecule has 1 amide bonds. The van der Waals surface area contributed by atoms with Crippen LogP contribution in [0.1, 0.15) is 5.56 Å². The molecule has 0 saturated heterocycles. The largest absolute Gasteiger partial charge is 0.496 e. The van der Waals surface area contributed by atoms with Crippen molar-refractivity contribution in [2.45, 2.75) is 11.9 Å². The quantitative estimate of drug-likeness (QED) is 0.327. The molecule has 0 aliphatic carbocycles. The molecule has 0 fully saturated rings. The van der Waals surface area contributed by atoms with Crippen LogP contribution in [0.2, 0.25) is 5.15 Å². The maximum absolute atomic E-state index is 14.5. The van der Waals surface area contributed by atoms with Gasteiger partial charge in [0, 0.05) is 22.9 Å². The predicted molar refractivity (Wildman–Crippen MR) is 119 cm³/mol. The zero-order valence-electron chi connectivity index (χ0n) is 17.6. The molecule has 0 radical (unpaired) electrons. The van der Waals surface area contributed by atoms with Crippen LogP contribution < -0.4 is 10.1 Å². The van der Waals surface area contributed by atoms with Crippen molar-refractivity contribution in [1.82, 2.24) is 9.97 Å². The number of ether oxygens (including phenoxy) is 1. The molecule has 0 bridgehead atoms. The van der Waals surface area contributed by atoms with Gasteiger partial charge in [0.25, 0.3) is 0 Å². The van der Waals surface area contributed by atoms with E-state index in [2.05, 4.69) is 19.6 Å². The van der Waals surface area contributed by atoms with E-state index >= 15 is 0 Å². The smallest absolute Gasteiger partial charge is 0.474 e. The van der Waals surface area contributed by atoms with Gasteiger partial charge in [-0.15, -0.1) is 0 Å². The second kappa shape index (κ2) is 10.4. The standard InChI is InChI=1S/C21H16ClF5N4O2S/c1-33-16-7-12(23)3-4-13(16)14-8-18(28-9-15(14)24)30-19-6-11(5-17(22)29-19)10-34(2)31-20(32)21(25,26)27/h3-9H,10H2,1-2H3,(H,28,29,30). The highest BCUT2D eigenvalue weighted by Crippen LogP contribution is 2.34. The first-order valence-electron chi connectivity index (χ1n) is 9.34. The summed E-state index contributed by atoms with van der Waals surface area (Å²) < 4.78 is 73.6. The minimum atomic E-state index is -5.04. The fraction of sp³-hybridized carbons (Fsp3) is 0.190. The summed E-state index contributed by atoms with van der Waals surface area (Å²) in [6.45, 7) is 0. The summed E-state index contributed by atoms with van der Waals surface area (Å²) in [5.74, 6) is -2.92. The lowest BCUT2D eigenvalue weighted by Crippen LogP contribution is -2.21. The summed E-state index contributed by atoms with van der Waals surface area (Å²) in [4.78, 5) is 19.1. The number of halogens is 6. The Balaban J connectivity index is 1.88. The minimum Gasteiger partial charge on any atom is -0.496 e. The number of methoxy groups -OCH3 is 1. The summed E-state index contributed by atoms with van der Waals surface area (Å²) in [5.41, 5.74) is 0.836. The second-order valence-electron chi connectivity index (χ2n) is 6.84. The monoisotopic (exact) mass is 518 g/mol. The lowest BCUT2D eigenvalue weighted by atomic mass is 10.0. The molecular formula is C21H16ClF5N4O2S. The molecule has 0 aliphatic heterocycles. The third-order valence-corrected chi connectivity index (χ3v) is 5.70. The van der Waals surface area contributed by atoms with E-state index in [-0.39, 0.29) is 39.4 Å². The number of carbonyl (C=O) groups is 1. The zero-order valence-corrected chi connectivity index (χ0v) is 19.2. The van der Waals surface area contributed by atoms with Crippen molar-refractivity contribution in [2.24, 2.45) is 4.36 Å². The van der Waals surface area contributed by atoms with Crippen molar-refractivity contribution >= 4 is 39.8 Å². The van der Waals surface area contributed by atoms with Crippen LogP contribution in [0.3, 0.4) is 0 Å². The summed E-state index contributed by atoms with van der Waals surface area (Å²) in [7, 11) is 0.0571. The number of hydrogen-bond donors (Lipinski definition) is 1. The van der Waals surface area contributed by atoms with Gasteiger partial charge in [0.1, 0.15) is 34.2 Å². The van der Waals surface area contributed by atoms with Gasteiger partial charge in [0.15, 0.2) is 0 Å². The number of aromatic nitrogens is 2. The average Bonchev–Trinajstić information content (AvgIpc) is 2.74. The normalized spacial score (nSPS) is 12.5. The van der Waals surface area contributed by atoms with E-state index in [1.54, 1.807) is 0 Å². The highest BCUT2D eigenvalue weighted by molar-refractivity contribution is 7.86. The van der Waals surface area contributed by atoms with Crippen LogP contribution in [-0.4, -0.2) is 35.4 Å². The maximum atomic E-state index is 14.5. The van der Waals surface area contributed by atoms with Crippen molar-refractivity contribution in [3.63, 3.8) is 0 Å². The minimum absolute atomic E-state index is 0.00755.